The van der Waals surface area contributed by atoms with E-state index in [-0.39, 0.29) is 63.4 Å². The van der Waals surface area contributed by atoms with Crippen molar-refractivity contribution in [3.05, 3.63) is 127 Å². The Balaban J connectivity index is 0.000000158. The molecule has 68 heavy (non-hydrogen) atoms. The lowest BCUT2D eigenvalue weighted by Gasteiger charge is -2.32. The lowest BCUT2D eigenvalue weighted by Crippen LogP contribution is -2.41. The molecule has 5 aromatic rings. The standard InChI is InChI=1S/C22H19NO6.C17H24BNO4.C12H9BrO3/c1-13-16-6-7-18(25)17(12-24)20(16)29-22(27)19(13)14-2-4-15(5-3-14)21(26)23-8-10-28-11-9-23;1-16(2)17(3,4)23-18(22-16)14-7-5-13(6-8-14)15(20)19-9-11-21-12-10-19;1-6-7-2-3-10(15)9(5-14)8(7)4-11(16)12(6)13/h2-7,12,25H,8-11H2,1H3;5-8H,9-12H2,1-4H3;2-3,5,15H,4H2,1H3. The van der Waals surface area contributed by atoms with E-state index in [4.69, 9.17) is 23.2 Å². The van der Waals surface area contributed by atoms with Crippen molar-refractivity contribution >= 4 is 75.2 Å². The summed E-state index contributed by atoms with van der Waals surface area (Å²) in [7, 11) is -0.396. The number of benzene rings is 4. The predicted octanol–water partition coefficient (Wildman–Crippen LogP) is 6.67. The molecule has 1 aromatic heterocycles. The van der Waals surface area contributed by atoms with Gasteiger partial charge < -0.3 is 43.2 Å². The summed E-state index contributed by atoms with van der Waals surface area (Å²) in [5.41, 5.74) is 4.88. The van der Waals surface area contributed by atoms with Crippen LogP contribution in [0, 0.1) is 6.92 Å². The Hall–Kier alpha value is -6.24. The van der Waals surface area contributed by atoms with E-state index in [1.807, 2.05) is 63.8 Å². The van der Waals surface area contributed by atoms with E-state index in [1.165, 1.54) is 12.1 Å². The predicted molar refractivity (Wildman–Crippen MR) is 259 cm³/mol. The number of phenols is 2. The van der Waals surface area contributed by atoms with Gasteiger partial charge in [0.15, 0.2) is 23.9 Å². The molecule has 15 nitrogen and oxygen atoms in total. The van der Waals surface area contributed by atoms with E-state index in [1.54, 1.807) is 48.2 Å². The van der Waals surface area contributed by atoms with Crippen molar-refractivity contribution in [3.8, 4) is 22.6 Å². The van der Waals surface area contributed by atoms with Gasteiger partial charge in [-0.05, 0) is 133 Å². The first-order valence-corrected chi connectivity index (χ1v) is 22.9. The number of carbonyl (C=O) groups is 5. The van der Waals surface area contributed by atoms with Crippen LogP contribution in [0.4, 0.5) is 0 Å². The summed E-state index contributed by atoms with van der Waals surface area (Å²) in [6.07, 6.45) is 1.20. The number of fused-ring (bicyclic) bond motifs is 2. The van der Waals surface area contributed by atoms with Gasteiger partial charge in [-0.25, -0.2) is 4.79 Å². The van der Waals surface area contributed by atoms with Crippen LogP contribution in [-0.4, -0.2) is 121 Å². The van der Waals surface area contributed by atoms with Crippen molar-refractivity contribution in [2.24, 2.45) is 0 Å². The third-order valence-corrected chi connectivity index (χ3v) is 14.0. The highest BCUT2D eigenvalue weighted by molar-refractivity contribution is 9.12. The Morgan fingerprint density at radius 2 is 1.18 bits per heavy atom. The molecule has 0 bridgehead atoms. The van der Waals surface area contributed by atoms with Crippen LogP contribution < -0.4 is 11.1 Å². The maximum absolute atomic E-state index is 12.6. The Morgan fingerprint density at radius 3 is 1.69 bits per heavy atom. The number of phenolic OH excluding ortho intramolecular Hbond substituents is 2. The van der Waals surface area contributed by atoms with E-state index in [2.05, 4.69) is 15.9 Å². The quantitative estimate of drug-likeness (QED) is 0.104. The maximum atomic E-state index is 12.6. The summed E-state index contributed by atoms with van der Waals surface area (Å²) in [6, 6.07) is 20.5. The topological polar surface area (TPSA) is 199 Å². The Kier molecular flexibility index (Phi) is 15.0. The first-order valence-electron chi connectivity index (χ1n) is 22.1. The number of ether oxygens (including phenoxy) is 2. The highest BCUT2D eigenvalue weighted by atomic mass is 79.9. The van der Waals surface area contributed by atoms with Gasteiger partial charge in [-0.3, -0.25) is 24.0 Å². The number of aromatic hydroxyl groups is 2. The number of morpholine rings is 2. The van der Waals surface area contributed by atoms with Crippen LogP contribution >= 0.6 is 15.9 Å². The zero-order chi connectivity index (χ0) is 49.1. The molecule has 2 amide bonds. The monoisotopic (exact) mass is 990 g/mol. The van der Waals surface area contributed by atoms with Gasteiger partial charge in [0.1, 0.15) is 11.5 Å². The summed E-state index contributed by atoms with van der Waals surface area (Å²) < 4.78 is 28.5. The molecule has 3 fully saturated rings. The van der Waals surface area contributed by atoms with Crippen LogP contribution in [-0.2, 0) is 30.0 Å². The molecule has 4 heterocycles. The van der Waals surface area contributed by atoms with E-state index >= 15 is 0 Å². The summed E-state index contributed by atoms with van der Waals surface area (Å²) in [5, 5.41) is 19.9. The molecule has 9 rings (SSSR count). The lowest BCUT2D eigenvalue weighted by atomic mass is 9.79. The Labute approximate surface area is 401 Å². The van der Waals surface area contributed by atoms with Crippen molar-refractivity contribution in [2.45, 2.75) is 59.2 Å². The number of aryl methyl sites for hydroxylation is 1. The van der Waals surface area contributed by atoms with Gasteiger partial charge in [0.2, 0.25) is 0 Å². The van der Waals surface area contributed by atoms with Crippen molar-refractivity contribution in [3.63, 3.8) is 0 Å². The lowest BCUT2D eigenvalue weighted by molar-refractivity contribution is -0.114. The van der Waals surface area contributed by atoms with Gasteiger partial charge in [0, 0.05) is 49.1 Å². The molecule has 4 aromatic carbocycles. The first kappa shape index (κ1) is 49.7. The number of Topliss-reactive ketones (excluding diaryl/α,β-unsaturated/α-hetero) is 1. The number of carbonyl (C=O) groups excluding carboxylic acids is 5. The average Bonchev–Trinajstić information content (AvgIpc) is 3.56. The number of hydrogen-bond acceptors (Lipinski definition) is 13. The summed E-state index contributed by atoms with van der Waals surface area (Å²) >= 11 is 3.23. The number of rotatable bonds is 6. The summed E-state index contributed by atoms with van der Waals surface area (Å²) in [4.78, 5) is 75.1. The maximum Gasteiger partial charge on any atom is 0.494 e. The number of aldehydes is 2. The van der Waals surface area contributed by atoms with Crippen molar-refractivity contribution in [2.75, 3.05) is 52.6 Å². The molecule has 0 unspecified atom stereocenters. The van der Waals surface area contributed by atoms with Crippen molar-refractivity contribution < 1.29 is 57.4 Å². The summed E-state index contributed by atoms with van der Waals surface area (Å²) in [6.45, 7) is 16.4. The largest absolute Gasteiger partial charge is 0.507 e. The van der Waals surface area contributed by atoms with Crippen molar-refractivity contribution in [1.82, 2.24) is 9.80 Å². The molecule has 0 radical (unpaired) electrons. The summed E-state index contributed by atoms with van der Waals surface area (Å²) in [5.74, 6) is -0.415. The minimum atomic E-state index is -0.615. The SMILES string of the molecule is CC1(C)OB(c2ccc(C(=O)N3CCOCC3)cc2)OC1(C)C.CC1=C(Br)C(=O)Cc2c1ccc(O)c2C=O.Cc1c(-c2ccc(C(=O)N3CCOCC3)cc2)c(=O)oc2c(C=O)c(O)ccc12. The molecule has 0 spiro atoms. The number of halogens is 1. The molecule has 4 aliphatic rings. The molecule has 17 heteroatoms. The van der Waals surface area contributed by atoms with E-state index < -0.39 is 12.7 Å². The number of ketones is 1. The van der Waals surface area contributed by atoms with Crippen molar-refractivity contribution in [1.29, 1.82) is 0 Å². The van der Waals surface area contributed by atoms with Gasteiger partial charge in [-0.15, -0.1) is 0 Å². The van der Waals surface area contributed by atoms with Gasteiger partial charge in [-0.1, -0.05) is 30.3 Å². The highest BCUT2D eigenvalue weighted by Gasteiger charge is 2.51. The van der Waals surface area contributed by atoms with Crippen LogP contribution in [0.2, 0.25) is 0 Å². The normalized spacial score (nSPS) is 17.4. The third-order valence-electron chi connectivity index (χ3n) is 12.9. The number of nitrogens with zero attached hydrogens (tertiary/aromatic N) is 2. The minimum absolute atomic E-state index is 0.0498. The minimum Gasteiger partial charge on any atom is -0.507 e. The van der Waals surface area contributed by atoms with E-state index in [0.717, 1.165) is 16.6 Å². The number of hydrogen-bond donors (Lipinski definition) is 2. The fourth-order valence-electron chi connectivity index (χ4n) is 8.20. The molecule has 0 atom stereocenters. The van der Waals surface area contributed by atoms with Gasteiger partial charge >= 0.3 is 12.7 Å². The number of allylic oxidation sites excluding steroid dienone is 2. The fourth-order valence-corrected chi connectivity index (χ4v) is 8.56. The third kappa shape index (κ3) is 10.1. The first-order chi connectivity index (χ1) is 32.4. The second-order valence-electron chi connectivity index (χ2n) is 17.7. The van der Waals surface area contributed by atoms with E-state index in [9.17, 15) is 39.0 Å². The molecule has 0 saturated carbocycles. The smallest absolute Gasteiger partial charge is 0.494 e. The Morgan fingerprint density at radius 1 is 0.691 bits per heavy atom. The average molecular weight is 992 g/mol. The van der Waals surface area contributed by atoms with Gasteiger partial charge in [-0.2, -0.15) is 0 Å². The highest BCUT2D eigenvalue weighted by Crippen LogP contribution is 2.38. The molecule has 354 valence electrons. The Bertz CT molecular complexity index is 2850. The molecular formula is C51H52BBrN2O13. The van der Waals surface area contributed by atoms with E-state index in [0.29, 0.717) is 108 Å². The van der Waals surface area contributed by atoms with Crippen LogP contribution in [0.25, 0.3) is 27.7 Å². The zero-order valence-corrected chi connectivity index (χ0v) is 40.3. The molecule has 3 aliphatic heterocycles. The zero-order valence-electron chi connectivity index (χ0n) is 38.7. The van der Waals surface area contributed by atoms with Gasteiger partial charge in [0.25, 0.3) is 11.8 Å². The van der Waals surface area contributed by atoms with Crippen LogP contribution in [0.3, 0.4) is 0 Å². The number of amides is 2. The molecule has 2 N–H and O–H groups in total. The second kappa shape index (κ2) is 20.6. The van der Waals surface area contributed by atoms with Crippen LogP contribution in [0.15, 0.2) is 86.5 Å². The fraction of sp³-hybridized carbons (Fsp3) is 0.333. The van der Waals surface area contributed by atoms with Crippen LogP contribution in [0.1, 0.15) is 92.7 Å². The van der Waals surface area contributed by atoms with Gasteiger partial charge in [0.05, 0.1) is 58.8 Å². The second-order valence-corrected chi connectivity index (χ2v) is 18.5. The van der Waals surface area contributed by atoms with Crippen LogP contribution in [0.5, 0.6) is 11.5 Å². The molecule has 3 saturated heterocycles. The molecule has 1 aliphatic carbocycles. The molecular weight excluding hydrogens is 939 g/mol.